The second kappa shape index (κ2) is 6.25. The van der Waals surface area contributed by atoms with Crippen molar-refractivity contribution in [3.63, 3.8) is 0 Å². The summed E-state index contributed by atoms with van der Waals surface area (Å²) in [7, 11) is 0. The normalized spacial score (nSPS) is 10.8. The van der Waals surface area contributed by atoms with Crippen LogP contribution in [0.15, 0.2) is 48.5 Å². The summed E-state index contributed by atoms with van der Waals surface area (Å²) in [6.45, 7) is 2.14. The highest BCUT2D eigenvalue weighted by Gasteiger charge is 2.18. The smallest absolute Gasteiger partial charge is 0.258 e. The first kappa shape index (κ1) is 14.7. The van der Waals surface area contributed by atoms with Gasteiger partial charge in [0.25, 0.3) is 5.91 Å². The summed E-state index contributed by atoms with van der Waals surface area (Å²) in [6.07, 6.45) is 0. The number of thiazole rings is 1. The Balaban J connectivity index is 1.97. The SMILES string of the molecule is Cc1nc2ccc(C(=O)N(CCO)c3ccccc3)cc2s1. The van der Waals surface area contributed by atoms with Crippen LogP contribution in [0.5, 0.6) is 0 Å². The van der Waals surface area contributed by atoms with Crippen LogP contribution in [-0.2, 0) is 0 Å². The number of carbonyl (C=O) groups is 1. The molecule has 5 heteroatoms. The second-order valence-electron chi connectivity index (χ2n) is 4.93. The van der Waals surface area contributed by atoms with E-state index in [1.54, 1.807) is 22.3 Å². The van der Waals surface area contributed by atoms with E-state index >= 15 is 0 Å². The van der Waals surface area contributed by atoms with Gasteiger partial charge >= 0.3 is 0 Å². The molecule has 0 saturated heterocycles. The molecule has 2 aromatic carbocycles. The minimum Gasteiger partial charge on any atom is -0.395 e. The van der Waals surface area contributed by atoms with Crippen molar-refractivity contribution in [2.45, 2.75) is 6.92 Å². The van der Waals surface area contributed by atoms with Gasteiger partial charge in [-0.25, -0.2) is 4.98 Å². The maximum Gasteiger partial charge on any atom is 0.258 e. The number of aliphatic hydroxyl groups is 1. The van der Waals surface area contributed by atoms with Crippen molar-refractivity contribution >= 4 is 33.1 Å². The minimum absolute atomic E-state index is 0.0808. The van der Waals surface area contributed by atoms with E-state index in [9.17, 15) is 9.90 Å². The van der Waals surface area contributed by atoms with Gasteiger partial charge in [0.2, 0.25) is 0 Å². The zero-order chi connectivity index (χ0) is 15.5. The zero-order valence-electron chi connectivity index (χ0n) is 12.2. The summed E-state index contributed by atoms with van der Waals surface area (Å²) in [5.74, 6) is -0.117. The Labute approximate surface area is 132 Å². The number of benzene rings is 2. The minimum atomic E-state index is -0.117. The van der Waals surface area contributed by atoms with Crippen LogP contribution >= 0.6 is 11.3 Å². The molecule has 0 radical (unpaired) electrons. The molecule has 0 saturated carbocycles. The molecule has 0 aliphatic heterocycles. The van der Waals surface area contributed by atoms with Gasteiger partial charge in [0.15, 0.2) is 0 Å². The molecule has 1 N–H and O–H groups in total. The quantitative estimate of drug-likeness (QED) is 0.804. The molecule has 3 aromatic rings. The molecule has 1 aromatic heterocycles. The Morgan fingerprint density at radius 2 is 2.00 bits per heavy atom. The fraction of sp³-hybridized carbons (Fsp3) is 0.176. The number of rotatable bonds is 4. The molecule has 0 aliphatic carbocycles. The van der Waals surface area contributed by atoms with Crippen molar-refractivity contribution in [2.75, 3.05) is 18.1 Å². The van der Waals surface area contributed by atoms with E-state index in [0.717, 1.165) is 20.9 Å². The van der Waals surface area contributed by atoms with Crippen LogP contribution < -0.4 is 4.90 Å². The second-order valence-corrected chi connectivity index (χ2v) is 6.17. The van der Waals surface area contributed by atoms with Gasteiger partial charge in [0, 0.05) is 17.8 Å². The first-order chi connectivity index (χ1) is 10.7. The Morgan fingerprint density at radius 1 is 1.23 bits per heavy atom. The number of hydrogen-bond acceptors (Lipinski definition) is 4. The summed E-state index contributed by atoms with van der Waals surface area (Å²) >= 11 is 1.57. The number of amides is 1. The lowest BCUT2D eigenvalue weighted by molar-refractivity contribution is 0.0981. The number of para-hydroxylation sites is 1. The van der Waals surface area contributed by atoms with Crippen LogP contribution in [-0.4, -0.2) is 29.1 Å². The van der Waals surface area contributed by atoms with Crippen molar-refractivity contribution in [1.29, 1.82) is 0 Å². The van der Waals surface area contributed by atoms with Crippen LogP contribution in [0.4, 0.5) is 5.69 Å². The highest BCUT2D eigenvalue weighted by Crippen LogP contribution is 2.24. The first-order valence-electron chi connectivity index (χ1n) is 7.04. The van der Waals surface area contributed by atoms with E-state index < -0.39 is 0 Å². The van der Waals surface area contributed by atoms with Gasteiger partial charge in [-0.15, -0.1) is 11.3 Å². The molecule has 0 spiro atoms. The fourth-order valence-corrected chi connectivity index (χ4v) is 3.25. The topological polar surface area (TPSA) is 53.4 Å². The van der Waals surface area contributed by atoms with E-state index in [2.05, 4.69) is 4.98 Å². The predicted molar refractivity (Wildman–Crippen MR) is 89.6 cm³/mol. The van der Waals surface area contributed by atoms with E-state index in [1.807, 2.05) is 49.4 Å². The average molecular weight is 312 g/mol. The summed E-state index contributed by atoms with van der Waals surface area (Å²) < 4.78 is 1.00. The van der Waals surface area contributed by atoms with Gasteiger partial charge in [0.1, 0.15) is 0 Å². The third kappa shape index (κ3) is 2.86. The Hall–Kier alpha value is -2.24. The van der Waals surface area contributed by atoms with E-state index in [1.165, 1.54) is 0 Å². The molecule has 1 heterocycles. The number of aliphatic hydroxyl groups excluding tert-OH is 1. The van der Waals surface area contributed by atoms with Gasteiger partial charge in [-0.05, 0) is 37.3 Å². The number of anilines is 1. The van der Waals surface area contributed by atoms with E-state index in [-0.39, 0.29) is 19.1 Å². The lowest BCUT2D eigenvalue weighted by atomic mass is 10.1. The number of carbonyl (C=O) groups excluding carboxylic acids is 1. The number of hydrogen-bond donors (Lipinski definition) is 1. The molecule has 0 aliphatic rings. The molecule has 0 bridgehead atoms. The Bertz CT molecular complexity index is 799. The molecule has 0 unspecified atom stereocenters. The highest BCUT2D eigenvalue weighted by atomic mass is 32.1. The maximum absolute atomic E-state index is 12.8. The number of nitrogens with zero attached hydrogens (tertiary/aromatic N) is 2. The first-order valence-corrected chi connectivity index (χ1v) is 7.85. The molecular weight excluding hydrogens is 296 g/mol. The van der Waals surface area contributed by atoms with Crippen molar-refractivity contribution in [3.05, 3.63) is 59.1 Å². The lowest BCUT2D eigenvalue weighted by Crippen LogP contribution is -2.33. The van der Waals surface area contributed by atoms with E-state index in [4.69, 9.17) is 0 Å². The van der Waals surface area contributed by atoms with Gasteiger partial charge in [-0.1, -0.05) is 18.2 Å². The predicted octanol–water partition coefficient (Wildman–Crippen LogP) is 3.24. The molecule has 4 nitrogen and oxygen atoms in total. The summed E-state index contributed by atoms with van der Waals surface area (Å²) in [4.78, 5) is 18.8. The van der Waals surface area contributed by atoms with Crippen LogP contribution in [0.1, 0.15) is 15.4 Å². The monoisotopic (exact) mass is 312 g/mol. The molecule has 0 atom stereocenters. The average Bonchev–Trinajstić information content (AvgIpc) is 2.92. The summed E-state index contributed by atoms with van der Waals surface area (Å²) in [5.41, 5.74) is 2.29. The number of aromatic nitrogens is 1. The highest BCUT2D eigenvalue weighted by molar-refractivity contribution is 7.18. The lowest BCUT2D eigenvalue weighted by Gasteiger charge is -2.22. The molecule has 0 fully saturated rings. The molecular formula is C17H16N2O2S. The third-order valence-electron chi connectivity index (χ3n) is 3.38. The van der Waals surface area contributed by atoms with Gasteiger partial charge in [-0.3, -0.25) is 4.79 Å². The van der Waals surface area contributed by atoms with Crippen LogP contribution in [0.3, 0.4) is 0 Å². The van der Waals surface area contributed by atoms with Crippen molar-refractivity contribution in [2.24, 2.45) is 0 Å². The van der Waals surface area contributed by atoms with E-state index in [0.29, 0.717) is 5.56 Å². The molecule has 3 rings (SSSR count). The third-order valence-corrected chi connectivity index (χ3v) is 4.31. The standard InChI is InChI=1S/C17H16N2O2S/c1-12-18-15-8-7-13(11-16(15)22-12)17(21)19(9-10-20)14-5-3-2-4-6-14/h2-8,11,20H,9-10H2,1H3. The van der Waals surface area contributed by atoms with Crippen LogP contribution in [0.2, 0.25) is 0 Å². The van der Waals surface area contributed by atoms with Crippen molar-refractivity contribution in [3.8, 4) is 0 Å². The van der Waals surface area contributed by atoms with Crippen LogP contribution in [0.25, 0.3) is 10.2 Å². The summed E-state index contributed by atoms with van der Waals surface area (Å²) in [5, 5.41) is 10.2. The van der Waals surface area contributed by atoms with Gasteiger partial charge in [0.05, 0.1) is 21.8 Å². The van der Waals surface area contributed by atoms with Crippen molar-refractivity contribution in [1.82, 2.24) is 4.98 Å². The Kier molecular flexibility index (Phi) is 4.18. The molecule has 112 valence electrons. The zero-order valence-corrected chi connectivity index (χ0v) is 13.0. The van der Waals surface area contributed by atoms with Crippen molar-refractivity contribution < 1.29 is 9.90 Å². The molecule has 1 amide bonds. The summed E-state index contributed by atoms with van der Waals surface area (Å²) in [6, 6.07) is 14.9. The fourth-order valence-electron chi connectivity index (χ4n) is 2.38. The van der Waals surface area contributed by atoms with Gasteiger partial charge < -0.3 is 10.0 Å². The van der Waals surface area contributed by atoms with Gasteiger partial charge in [-0.2, -0.15) is 0 Å². The van der Waals surface area contributed by atoms with Crippen LogP contribution in [0, 0.1) is 6.92 Å². The Morgan fingerprint density at radius 3 is 2.73 bits per heavy atom. The number of fused-ring (bicyclic) bond motifs is 1. The maximum atomic E-state index is 12.8. The number of aryl methyl sites for hydroxylation is 1. The largest absolute Gasteiger partial charge is 0.395 e. The molecule has 22 heavy (non-hydrogen) atoms.